The van der Waals surface area contributed by atoms with Crippen molar-refractivity contribution < 1.29 is 18.0 Å². The van der Waals surface area contributed by atoms with Crippen LogP contribution in [0.3, 0.4) is 0 Å². The molecule has 3 aromatic rings. The Labute approximate surface area is 244 Å². The molecule has 0 fully saturated rings. The lowest BCUT2D eigenvalue weighted by molar-refractivity contribution is -0.139. The van der Waals surface area contributed by atoms with Crippen LogP contribution in [0.15, 0.2) is 76.1 Å². The summed E-state index contributed by atoms with van der Waals surface area (Å²) in [4.78, 5) is 28.4. The first-order valence-electron chi connectivity index (χ1n) is 12.5. The topological polar surface area (TPSA) is 86.8 Å². The number of nitrogens with one attached hydrogen (secondary N) is 1. The Bertz CT molecular complexity index is 1430. The smallest absolute Gasteiger partial charge is 0.264 e. The minimum Gasteiger partial charge on any atom is -0.352 e. The molecule has 1 N–H and O–H groups in total. The molecule has 0 aliphatic heterocycles. The number of nitrogens with zero attached hydrogens (tertiary/aromatic N) is 2. The predicted octanol–water partition coefficient (Wildman–Crippen LogP) is 5.86. The number of rotatable bonds is 10. The summed E-state index contributed by atoms with van der Waals surface area (Å²) in [6, 6.07) is 17.7. The third kappa shape index (κ3) is 7.84. The Balaban J connectivity index is 2.07. The van der Waals surface area contributed by atoms with Crippen molar-refractivity contribution in [3.05, 3.63) is 92.9 Å². The molecule has 0 spiro atoms. The molecule has 0 unspecified atom stereocenters. The Morgan fingerprint density at radius 2 is 1.56 bits per heavy atom. The molecule has 0 aliphatic rings. The zero-order valence-corrected chi connectivity index (χ0v) is 25.8. The van der Waals surface area contributed by atoms with Gasteiger partial charge >= 0.3 is 0 Å². The number of halogens is 2. The van der Waals surface area contributed by atoms with E-state index in [0.29, 0.717) is 16.3 Å². The number of aryl methyl sites for hydroxylation is 2. The molecule has 0 bridgehead atoms. The minimum absolute atomic E-state index is 0.0466. The quantitative estimate of drug-likeness (QED) is 0.303. The van der Waals surface area contributed by atoms with E-state index in [1.165, 1.54) is 23.1 Å². The van der Waals surface area contributed by atoms with E-state index in [9.17, 15) is 18.0 Å². The molecule has 2 amide bonds. The first-order chi connectivity index (χ1) is 18.3. The van der Waals surface area contributed by atoms with Gasteiger partial charge in [0, 0.05) is 22.1 Å². The normalized spacial score (nSPS) is 12.2. The van der Waals surface area contributed by atoms with Crippen LogP contribution in [0.1, 0.15) is 37.5 Å². The third-order valence-electron chi connectivity index (χ3n) is 6.19. The van der Waals surface area contributed by atoms with Crippen molar-refractivity contribution in [1.82, 2.24) is 10.2 Å². The van der Waals surface area contributed by atoms with Crippen molar-refractivity contribution in [2.45, 2.75) is 58.1 Å². The Hall–Kier alpha value is -2.88. The Kier molecular flexibility index (Phi) is 10.2. The number of carbonyl (C=O) groups excluding carboxylic acids is 2. The van der Waals surface area contributed by atoms with Gasteiger partial charge in [0.2, 0.25) is 11.8 Å². The number of sulfonamides is 1. The SMILES string of the molecule is Cc1ccc(S(=O)(=O)N(CC(=O)N(Cc2ccc(Br)cc2)[C@H](C)C(=O)NC(C)C)c2cc(Cl)ccc2C)cc1. The second-order valence-electron chi connectivity index (χ2n) is 9.74. The molecule has 1 atom stereocenters. The zero-order valence-electron chi connectivity index (χ0n) is 22.6. The molecule has 39 heavy (non-hydrogen) atoms. The van der Waals surface area contributed by atoms with Crippen LogP contribution in [-0.2, 0) is 26.2 Å². The lowest BCUT2D eigenvalue weighted by Gasteiger charge is -2.32. The van der Waals surface area contributed by atoms with E-state index >= 15 is 0 Å². The standard InChI is InChI=1S/C29H33BrClN3O4S/c1-19(2)32-29(36)22(5)33(17-23-9-11-24(30)12-10-23)28(35)18-34(27-16-25(31)13-8-21(27)4)39(37,38)26-14-6-20(3)7-15-26/h6-16,19,22H,17-18H2,1-5H3,(H,32,36)/t22-/m1/s1. The summed E-state index contributed by atoms with van der Waals surface area (Å²) < 4.78 is 29.8. The van der Waals surface area contributed by atoms with Gasteiger partial charge < -0.3 is 10.2 Å². The average Bonchev–Trinajstić information content (AvgIpc) is 2.87. The summed E-state index contributed by atoms with van der Waals surface area (Å²) in [6.07, 6.45) is 0. The van der Waals surface area contributed by atoms with E-state index in [1.807, 2.05) is 45.0 Å². The maximum Gasteiger partial charge on any atom is 0.264 e. The number of amides is 2. The van der Waals surface area contributed by atoms with E-state index in [1.54, 1.807) is 38.1 Å². The van der Waals surface area contributed by atoms with Crippen molar-refractivity contribution >= 4 is 55.1 Å². The number of benzene rings is 3. The number of anilines is 1. The van der Waals surface area contributed by atoms with Gasteiger partial charge in [-0.1, -0.05) is 63.4 Å². The molecule has 0 aromatic heterocycles. The van der Waals surface area contributed by atoms with Crippen molar-refractivity contribution in [3.63, 3.8) is 0 Å². The molecule has 0 saturated carbocycles. The van der Waals surface area contributed by atoms with E-state index in [2.05, 4.69) is 21.2 Å². The fourth-order valence-electron chi connectivity index (χ4n) is 3.98. The van der Waals surface area contributed by atoms with Gasteiger partial charge in [-0.25, -0.2) is 8.42 Å². The monoisotopic (exact) mass is 633 g/mol. The van der Waals surface area contributed by atoms with Gasteiger partial charge in [-0.05, 0) is 82.1 Å². The van der Waals surface area contributed by atoms with Crippen molar-refractivity contribution in [2.75, 3.05) is 10.8 Å². The molecular weight excluding hydrogens is 602 g/mol. The van der Waals surface area contributed by atoms with Crippen LogP contribution in [0.25, 0.3) is 0 Å². The Morgan fingerprint density at radius 3 is 2.15 bits per heavy atom. The molecule has 0 heterocycles. The molecule has 10 heteroatoms. The number of hydrogen-bond donors (Lipinski definition) is 1. The van der Waals surface area contributed by atoms with Crippen LogP contribution < -0.4 is 9.62 Å². The van der Waals surface area contributed by atoms with E-state index in [0.717, 1.165) is 19.9 Å². The molecule has 7 nitrogen and oxygen atoms in total. The van der Waals surface area contributed by atoms with Crippen LogP contribution in [0.5, 0.6) is 0 Å². The maximum atomic E-state index is 14.0. The second-order valence-corrected chi connectivity index (χ2v) is 13.0. The van der Waals surface area contributed by atoms with E-state index in [-0.39, 0.29) is 23.4 Å². The highest BCUT2D eigenvalue weighted by atomic mass is 79.9. The lowest BCUT2D eigenvalue weighted by atomic mass is 10.1. The largest absolute Gasteiger partial charge is 0.352 e. The number of hydrogen-bond acceptors (Lipinski definition) is 4. The molecule has 0 saturated heterocycles. The van der Waals surface area contributed by atoms with Gasteiger partial charge in [-0.15, -0.1) is 0 Å². The van der Waals surface area contributed by atoms with E-state index in [4.69, 9.17) is 11.6 Å². The molecule has 3 aromatic carbocycles. The van der Waals surface area contributed by atoms with Gasteiger partial charge in [0.25, 0.3) is 10.0 Å². The summed E-state index contributed by atoms with van der Waals surface area (Å²) >= 11 is 9.67. The van der Waals surface area contributed by atoms with Gasteiger partial charge in [-0.2, -0.15) is 0 Å². The van der Waals surface area contributed by atoms with Crippen molar-refractivity contribution in [1.29, 1.82) is 0 Å². The first-order valence-corrected chi connectivity index (χ1v) is 15.1. The fraction of sp³-hybridized carbons (Fsp3) is 0.310. The Morgan fingerprint density at radius 1 is 0.949 bits per heavy atom. The van der Waals surface area contributed by atoms with Crippen LogP contribution in [0.2, 0.25) is 5.02 Å². The van der Waals surface area contributed by atoms with Crippen LogP contribution >= 0.6 is 27.5 Å². The van der Waals surface area contributed by atoms with Crippen LogP contribution in [0.4, 0.5) is 5.69 Å². The summed E-state index contributed by atoms with van der Waals surface area (Å²) in [5.41, 5.74) is 2.62. The lowest BCUT2D eigenvalue weighted by Crippen LogP contribution is -2.52. The highest BCUT2D eigenvalue weighted by molar-refractivity contribution is 9.10. The first kappa shape index (κ1) is 30.7. The summed E-state index contributed by atoms with van der Waals surface area (Å²) in [5, 5.41) is 3.18. The van der Waals surface area contributed by atoms with Crippen molar-refractivity contribution in [3.8, 4) is 0 Å². The van der Waals surface area contributed by atoms with E-state index < -0.39 is 28.5 Å². The van der Waals surface area contributed by atoms with Gasteiger partial charge in [0.1, 0.15) is 12.6 Å². The van der Waals surface area contributed by atoms with Gasteiger partial charge in [-0.3, -0.25) is 13.9 Å². The molecule has 0 aliphatic carbocycles. The van der Waals surface area contributed by atoms with Crippen molar-refractivity contribution in [2.24, 2.45) is 0 Å². The molecular formula is C29H33BrClN3O4S. The summed E-state index contributed by atoms with van der Waals surface area (Å²) in [7, 11) is -4.16. The second kappa shape index (κ2) is 13.0. The molecule has 0 radical (unpaired) electrons. The maximum absolute atomic E-state index is 14.0. The zero-order chi connectivity index (χ0) is 28.9. The minimum atomic E-state index is -4.16. The van der Waals surface area contributed by atoms with Crippen LogP contribution in [0, 0.1) is 13.8 Å². The third-order valence-corrected chi connectivity index (χ3v) is 8.73. The predicted molar refractivity (Wildman–Crippen MR) is 159 cm³/mol. The van der Waals surface area contributed by atoms with Gasteiger partial charge in [0.05, 0.1) is 10.6 Å². The summed E-state index contributed by atoms with van der Waals surface area (Å²) in [6.45, 7) is 8.53. The number of carbonyl (C=O) groups is 2. The van der Waals surface area contributed by atoms with Crippen LogP contribution in [-0.4, -0.2) is 43.8 Å². The van der Waals surface area contributed by atoms with Gasteiger partial charge in [0.15, 0.2) is 0 Å². The average molecular weight is 635 g/mol. The molecule has 3 rings (SSSR count). The molecule has 208 valence electrons. The highest BCUT2D eigenvalue weighted by Crippen LogP contribution is 2.30. The highest BCUT2D eigenvalue weighted by Gasteiger charge is 2.33. The fourth-order valence-corrected chi connectivity index (χ4v) is 5.88. The summed E-state index contributed by atoms with van der Waals surface area (Å²) in [5.74, 6) is -0.860.